The first kappa shape index (κ1) is 26.1. The third kappa shape index (κ3) is 4.55. The molecule has 5 heteroatoms. The number of pyridine rings is 3. The molecule has 0 aliphatic carbocycles. The summed E-state index contributed by atoms with van der Waals surface area (Å²) in [6, 6.07) is 26.8. The summed E-state index contributed by atoms with van der Waals surface area (Å²) in [6.07, 6.45) is 3.73. The van der Waals surface area contributed by atoms with E-state index in [1.807, 2.05) is 48.8 Å². The van der Waals surface area contributed by atoms with Crippen molar-refractivity contribution >= 4 is 33.0 Å². The standard InChI is InChI=1S/C37H33N3O2/c1-36(2,3)25-16-23(30-18-24-21-39-29-11-9-12-31-34(29)33(24)35(40-30)42-31)17-26(20-25)41-32-19-22(28-10-7-8-15-38-28)13-14-27(32)37(4,5)6/h7-21H,1-6H3. The van der Waals surface area contributed by atoms with E-state index in [0.717, 1.165) is 72.4 Å². The van der Waals surface area contributed by atoms with Gasteiger partial charge in [0.15, 0.2) is 0 Å². The lowest BCUT2D eigenvalue weighted by Crippen LogP contribution is -2.13. The summed E-state index contributed by atoms with van der Waals surface area (Å²) in [5, 5.41) is 3.05. The minimum absolute atomic E-state index is 0.106. The Kier molecular flexibility index (Phi) is 5.84. The van der Waals surface area contributed by atoms with Crippen molar-refractivity contribution in [3.8, 4) is 34.0 Å². The van der Waals surface area contributed by atoms with Crippen LogP contribution in [0.3, 0.4) is 0 Å². The van der Waals surface area contributed by atoms with Crippen LogP contribution < -0.4 is 4.74 Å². The van der Waals surface area contributed by atoms with E-state index in [9.17, 15) is 0 Å². The highest BCUT2D eigenvalue weighted by molar-refractivity contribution is 6.19. The summed E-state index contributed by atoms with van der Waals surface area (Å²) >= 11 is 0. The Balaban J connectivity index is 1.38. The normalized spacial score (nSPS) is 12.5. The second-order valence-electron chi connectivity index (χ2n) is 13.1. The van der Waals surface area contributed by atoms with Crippen molar-refractivity contribution in [1.82, 2.24) is 15.0 Å². The number of rotatable bonds is 4. The molecule has 0 bridgehead atoms. The van der Waals surface area contributed by atoms with Crippen LogP contribution in [-0.2, 0) is 10.8 Å². The van der Waals surface area contributed by atoms with Gasteiger partial charge in [-0.15, -0.1) is 0 Å². The maximum absolute atomic E-state index is 6.79. The van der Waals surface area contributed by atoms with Crippen molar-refractivity contribution < 1.29 is 9.15 Å². The van der Waals surface area contributed by atoms with E-state index in [1.54, 1.807) is 0 Å². The Hall–Kier alpha value is -4.77. The number of nitrogens with zero attached hydrogens (tertiary/aromatic N) is 3. The molecule has 0 unspecified atom stereocenters. The number of hydrogen-bond donors (Lipinski definition) is 0. The zero-order valence-electron chi connectivity index (χ0n) is 24.8. The monoisotopic (exact) mass is 551 g/mol. The molecule has 0 saturated carbocycles. The molecule has 4 heterocycles. The van der Waals surface area contributed by atoms with Gasteiger partial charge in [0.1, 0.15) is 17.1 Å². The first-order valence-electron chi connectivity index (χ1n) is 14.3. The third-order valence-corrected chi connectivity index (χ3v) is 7.87. The zero-order chi connectivity index (χ0) is 29.2. The second kappa shape index (κ2) is 9.38. The average molecular weight is 552 g/mol. The number of ether oxygens (including phenoxy) is 1. The van der Waals surface area contributed by atoms with Gasteiger partial charge in [-0.1, -0.05) is 65.8 Å². The summed E-state index contributed by atoms with van der Waals surface area (Å²) in [5.41, 5.74) is 8.12. The Labute approximate surface area is 245 Å². The van der Waals surface area contributed by atoms with Gasteiger partial charge >= 0.3 is 0 Å². The van der Waals surface area contributed by atoms with E-state index in [1.165, 1.54) is 0 Å². The Morgan fingerprint density at radius 3 is 2.31 bits per heavy atom. The fourth-order valence-corrected chi connectivity index (χ4v) is 5.61. The number of aromatic nitrogens is 3. The minimum atomic E-state index is -0.114. The van der Waals surface area contributed by atoms with Crippen LogP contribution in [0, 0.1) is 0 Å². The van der Waals surface area contributed by atoms with Gasteiger partial charge in [-0.2, -0.15) is 0 Å². The molecule has 0 fully saturated rings. The largest absolute Gasteiger partial charge is 0.457 e. The fraction of sp³-hybridized carbons (Fsp3) is 0.216. The lowest BCUT2D eigenvalue weighted by Gasteiger charge is -2.25. The van der Waals surface area contributed by atoms with Crippen LogP contribution in [0.1, 0.15) is 52.7 Å². The fourth-order valence-electron chi connectivity index (χ4n) is 5.61. The van der Waals surface area contributed by atoms with Crippen LogP contribution in [0.25, 0.3) is 55.5 Å². The molecule has 4 aromatic heterocycles. The molecular weight excluding hydrogens is 518 g/mol. The molecule has 0 amide bonds. The van der Waals surface area contributed by atoms with Gasteiger partial charge in [0, 0.05) is 34.5 Å². The van der Waals surface area contributed by atoms with Crippen molar-refractivity contribution in [1.29, 1.82) is 0 Å². The maximum Gasteiger partial charge on any atom is 0.228 e. The Bertz CT molecular complexity index is 2080. The highest BCUT2D eigenvalue weighted by Gasteiger charge is 2.23. The summed E-state index contributed by atoms with van der Waals surface area (Å²) in [5.74, 6) is 1.58. The summed E-state index contributed by atoms with van der Waals surface area (Å²) in [6.45, 7) is 13.3. The smallest absolute Gasteiger partial charge is 0.228 e. The van der Waals surface area contributed by atoms with Crippen molar-refractivity contribution in [2.24, 2.45) is 0 Å². The molecule has 0 aliphatic rings. The van der Waals surface area contributed by atoms with Crippen LogP contribution in [0.5, 0.6) is 11.5 Å². The molecule has 5 nitrogen and oxygen atoms in total. The van der Waals surface area contributed by atoms with Gasteiger partial charge in [0.25, 0.3) is 0 Å². The van der Waals surface area contributed by atoms with E-state index < -0.39 is 0 Å². The molecule has 0 N–H and O–H groups in total. The number of hydrogen-bond acceptors (Lipinski definition) is 5. The molecule has 0 spiro atoms. The molecular formula is C37H33N3O2. The lowest BCUT2D eigenvalue weighted by molar-refractivity contribution is 0.453. The molecule has 7 aromatic rings. The van der Waals surface area contributed by atoms with E-state index in [4.69, 9.17) is 19.1 Å². The van der Waals surface area contributed by atoms with E-state index in [-0.39, 0.29) is 10.8 Å². The number of benzene rings is 3. The quantitative estimate of drug-likeness (QED) is 0.204. The van der Waals surface area contributed by atoms with Gasteiger partial charge in [0.2, 0.25) is 5.71 Å². The van der Waals surface area contributed by atoms with Crippen LogP contribution >= 0.6 is 0 Å². The van der Waals surface area contributed by atoms with Gasteiger partial charge in [0.05, 0.1) is 27.7 Å². The third-order valence-electron chi connectivity index (χ3n) is 7.87. The molecule has 3 aromatic carbocycles. The highest BCUT2D eigenvalue weighted by atomic mass is 16.5. The molecule has 42 heavy (non-hydrogen) atoms. The van der Waals surface area contributed by atoms with Crippen molar-refractivity contribution in [2.45, 2.75) is 52.4 Å². The maximum atomic E-state index is 6.79. The van der Waals surface area contributed by atoms with Gasteiger partial charge in [-0.05, 0) is 71.0 Å². The molecule has 208 valence electrons. The summed E-state index contributed by atoms with van der Waals surface area (Å²) < 4.78 is 13.0. The molecule has 0 aliphatic heterocycles. The van der Waals surface area contributed by atoms with Gasteiger partial charge in [-0.25, -0.2) is 4.98 Å². The van der Waals surface area contributed by atoms with E-state index >= 15 is 0 Å². The van der Waals surface area contributed by atoms with Crippen molar-refractivity contribution in [3.05, 3.63) is 102 Å². The van der Waals surface area contributed by atoms with Gasteiger partial charge in [-0.3, -0.25) is 9.97 Å². The van der Waals surface area contributed by atoms with E-state index in [2.05, 4.69) is 89.0 Å². The van der Waals surface area contributed by atoms with Crippen LogP contribution in [0.15, 0.2) is 95.7 Å². The lowest BCUT2D eigenvalue weighted by atomic mass is 9.85. The molecule has 0 radical (unpaired) electrons. The average Bonchev–Trinajstić information content (AvgIpc) is 3.35. The van der Waals surface area contributed by atoms with Crippen molar-refractivity contribution in [2.75, 3.05) is 0 Å². The predicted octanol–water partition coefficient (Wildman–Crippen LogP) is 10.1. The minimum Gasteiger partial charge on any atom is -0.457 e. The van der Waals surface area contributed by atoms with Crippen LogP contribution in [-0.4, -0.2) is 15.0 Å². The second-order valence-corrected chi connectivity index (χ2v) is 13.1. The number of furan rings is 1. The summed E-state index contributed by atoms with van der Waals surface area (Å²) in [4.78, 5) is 14.3. The van der Waals surface area contributed by atoms with E-state index in [0.29, 0.717) is 5.71 Å². The molecule has 7 rings (SSSR count). The van der Waals surface area contributed by atoms with Crippen LogP contribution in [0.4, 0.5) is 0 Å². The Morgan fingerprint density at radius 2 is 1.55 bits per heavy atom. The SMILES string of the molecule is CC(C)(C)c1cc(Oc2cc(-c3ccccn3)ccc2C(C)(C)C)cc(-c2cc3cnc4cccc5oc(n2)c3c45)c1. The first-order valence-corrected chi connectivity index (χ1v) is 14.3. The topological polar surface area (TPSA) is 61.0 Å². The predicted molar refractivity (Wildman–Crippen MR) is 171 cm³/mol. The van der Waals surface area contributed by atoms with Crippen molar-refractivity contribution in [3.63, 3.8) is 0 Å². The highest BCUT2D eigenvalue weighted by Crippen LogP contribution is 2.41. The zero-order valence-corrected chi connectivity index (χ0v) is 24.8. The summed E-state index contributed by atoms with van der Waals surface area (Å²) in [7, 11) is 0. The van der Waals surface area contributed by atoms with Gasteiger partial charge < -0.3 is 9.15 Å². The Morgan fingerprint density at radius 1 is 0.690 bits per heavy atom. The van der Waals surface area contributed by atoms with Crippen LogP contribution in [0.2, 0.25) is 0 Å². The molecule has 0 saturated heterocycles. The molecule has 0 atom stereocenters. The first-order chi connectivity index (χ1) is 20.0.